The maximum Gasteiger partial charge on any atom is 0.241 e. The molecule has 1 aromatic rings. The number of likely N-dealkylation sites (tertiary alicyclic amines) is 1. The molecule has 1 saturated heterocycles. The molecule has 1 atom stereocenters. The SMILES string of the molecule is CC1CCN(C(C)C(=O)Nc2cccc(Cl)c2)CC1. The molecule has 0 saturated carbocycles. The smallest absolute Gasteiger partial charge is 0.241 e. The predicted molar refractivity (Wildman–Crippen MR) is 79.5 cm³/mol. The first kappa shape index (κ1) is 14.4. The zero-order valence-electron chi connectivity index (χ0n) is 11.5. The van der Waals surface area contributed by atoms with Crippen molar-refractivity contribution in [2.24, 2.45) is 5.92 Å². The Bertz CT molecular complexity index is 442. The lowest BCUT2D eigenvalue weighted by molar-refractivity contribution is -0.121. The van der Waals surface area contributed by atoms with Gasteiger partial charge in [0, 0.05) is 10.7 Å². The maximum absolute atomic E-state index is 12.2. The summed E-state index contributed by atoms with van der Waals surface area (Å²) >= 11 is 5.91. The molecule has 2 rings (SSSR count). The van der Waals surface area contributed by atoms with Crippen LogP contribution in [0.3, 0.4) is 0 Å². The van der Waals surface area contributed by atoms with E-state index >= 15 is 0 Å². The van der Waals surface area contributed by atoms with Gasteiger partial charge in [-0.2, -0.15) is 0 Å². The number of benzene rings is 1. The van der Waals surface area contributed by atoms with Crippen LogP contribution in [0, 0.1) is 5.92 Å². The van der Waals surface area contributed by atoms with Crippen molar-refractivity contribution in [3.8, 4) is 0 Å². The van der Waals surface area contributed by atoms with E-state index in [0.717, 1.165) is 24.7 Å². The lowest BCUT2D eigenvalue weighted by Crippen LogP contribution is -2.45. The summed E-state index contributed by atoms with van der Waals surface area (Å²) in [6.07, 6.45) is 2.35. The first-order valence-corrected chi connectivity index (χ1v) is 7.24. The first-order valence-electron chi connectivity index (χ1n) is 6.87. The van der Waals surface area contributed by atoms with Crippen LogP contribution in [0.5, 0.6) is 0 Å². The second-order valence-corrected chi connectivity index (χ2v) is 5.83. The summed E-state index contributed by atoms with van der Waals surface area (Å²) in [6.45, 7) is 6.25. The van der Waals surface area contributed by atoms with Crippen molar-refractivity contribution in [2.75, 3.05) is 18.4 Å². The molecule has 1 aliphatic rings. The second kappa shape index (κ2) is 6.40. The Morgan fingerprint density at radius 2 is 2.11 bits per heavy atom. The molecule has 4 heteroatoms. The van der Waals surface area contributed by atoms with Crippen molar-refractivity contribution in [1.82, 2.24) is 4.90 Å². The molecule has 104 valence electrons. The van der Waals surface area contributed by atoms with Crippen LogP contribution < -0.4 is 5.32 Å². The van der Waals surface area contributed by atoms with Crippen molar-refractivity contribution in [2.45, 2.75) is 32.7 Å². The minimum Gasteiger partial charge on any atom is -0.325 e. The molecule has 19 heavy (non-hydrogen) atoms. The van der Waals surface area contributed by atoms with Crippen molar-refractivity contribution in [1.29, 1.82) is 0 Å². The number of carbonyl (C=O) groups excluding carboxylic acids is 1. The number of halogens is 1. The van der Waals surface area contributed by atoms with Gasteiger partial charge >= 0.3 is 0 Å². The number of rotatable bonds is 3. The van der Waals surface area contributed by atoms with E-state index in [0.29, 0.717) is 5.02 Å². The summed E-state index contributed by atoms with van der Waals surface area (Å²) in [5, 5.41) is 3.56. The Balaban J connectivity index is 1.92. The Morgan fingerprint density at radius 1 is 1.42 bits per heavy atom. The minimum absolute atomic E-state index is 0.0387. The number of nitrogens with one attached hydrogen (secondary N) is 1. The Kier molecular flexibility index (Phi) is 4.83. The third-order valence-electron chi connectivity index (χ3n) is 3.84. The van der Waals surface area contributed by atoms with Crippen molar-refractivity contribution < 1.29 is 4.79 Å². The fourth-order valence-electron chi connectivity index (χ4n) is 2.39. The lowest BCUT2D eigenvalue weighted by Gasteiger charge is -2.34. The molecule has 0 aromatic heterocycles. The van der Waals surface area contributed by atoms with E-state index in [1.807, 2.05) is 19.1 Å². The monoisotopic (exact) mass is 280 g/mol. The molecular weight excluding hydrogens is 260 g/mol. The Hall–Kier alpha value is -1.06. The van der Waals surface area contributed by atoms with E-state index in [2.05, 4.69) is 17.1 Å². The van der Waals surface area contributed by atoms with Crippen LogP contribution in [0.1, 0.15) is 26.7 Å². The Morgan fingerprint density at radius 3 is 2.74 bits per heavy atom. The highest BCUT2D eigenvalue weighted by atomic mass is 35.5. The third-order valence-corrected chi connectivity index (χ3v) is 4.07. The summed E-state index contributed by atoms with van der Waals surface area (Å²) < 4.78 is 0. The minimum atomic E-state index is -0.0912. The number of hydrogen-bond donors (Lipinski definition) is 1. The molecule has 1 N–H and O–H groups in total. The summed E-state index contributed by atoms with van der Waals surface area (Å²) in [5.41, 5.74) is 0.759. The molecule has 1 unspecified atom stereocenters. The van der Waals surface area contributed by atoms with Crippen molar-refractivity contribution >= 4 is 23.2 Å². The van der Waals surface area contributed by atoms with Crippen LogP contribution in [-0.4, -0.2) is 29.9 Å². The van der Waals surface area contributed by atoms with Gasteiger partial charge < -0.3 is 5.32 Å². The molecular formula is C15H21ClN2O. The van der Waals surface area contributed by atoms with Gasteiger partial charge in [0.2, 0.25) is 5.91 Å². The quantitative estimate of drug-likeness (QED) is 0.920. The molecule has 0 spiro atoms. The normalized spacial score (nSPS) is 19.1. The molecule has 1 fully saturated rings. The number of anilines is 1. The van der Waals surface area contributed by atoms with Crippen LogP contribution in [0.4, 0.5) is 5.69 Å². The van der Waals surface area contributed by atoms with Crippen LogP contribution in [-0.2, 0) is 4.79 Å². The van der Waals surface area contributed by atoms with E-state index in [4.69, 9.17) is 11.6 Å². The van der Waals surface area contributed by atoms with Gasteiger partial charge in [0.25, 0.3) is 0 Å². The van der Waals surface area contributed by atoms with Gasteiger partial charge in [-0.05, 0) is 57.0 Å². The topological polar surface area (TPSA) is 32.3 Å². The number of hydrogen-bond acceptors (Lipinski definition) is 2. The molecule has 0 aliphatic carbocycles. The van der Waals surface area contributed by atoms with E-state index < -0.39 is 0 Å². The third kappa shape index (κ3) is 3.95. The largest absolute Gasteiger partial charge is 0.325 e. The highest BCUT2D eigenvalue weighted by Crippen LogP contribution is 2.19. The summed E-state index contributed by atoms with van der Waals surface area (Å²) in [4.78, 5) is 14.5. The van der Waals surface area contributed by atoms with Gasteiger partial charge in [0.1, 0.15) is 0 Å². The zero-order valence-corrected chi connectivity index (χ0v) is 12.3. The average molecular weight is 281 g/mol. The number of carbonyl (C=O) groups is 1. The average Bonchev–Trinajstić information content (AvgIpc) is 2.39. The summed E-state index contributed by atoms with van der Waals surface area (Å²) in [7, 11) is 0. The molecule has 1 aromatic carbocycles. The fourth-order valence-corrected chi connectivity index (χ4v) is 2.58. The number of nitrogens with zero attached hydrogens (tertiary/aromatic N) is 1. The Labute approximate surface area is 119 Å². The standard InChI is InChI=1S/C15H21ClN2O/c1-11-6-8-18(9-7-11)12(2)15(19)17-14-5-3-4-13(16)10-14/h3-5,10-12H,6-9H2,1-2H3,(H,17,19). The molecule has 1 aliphatic heterocycles. The van der Waals surface area contributed by atoms with Gasteiger partial charge in [0.05, 0.1) is 6.04 Å². The molecule has 1 amide bonds. The first-order chi connectivity index (χ1) is 9.06. The van der Waals surface area contributed by atoms with E-state index in [1.165, 1.54) is 12.8 Å². The van der Waals surface area contributed by atoms with E-state index in [-0.39, 0.29) is 11.9 Å². The van der Waals surface area contributed by atoms with Crippen LogP contribution >= 0.6 is 11.6 Å². The number of amides is 1. The van der Waals surface area contributed by atoms with Gasteiger partial charge in [0.15, 0.2) is 0 Å². The highest BCUT2D eigenvalue weighted by molar-refractivity contribution is 6.30. The van der Waals surface area contributed by atoms with E-state index in [1.54, 1.807) is 12.1 Å². The highest BCUT2D eigenvalue weighted by Gasteiger charge is 2.24. The van der Waals surface area contributed by atoms with Crippen molar-refractivity contribution in [3.05, 3.63) is 29.3 Å². The maximum atomic E-state index is 12.2. The summed E-state index contributed by atoms with van der Waals surface area (Å²) in [5.74, 6) is 0.816. The second-order valence-electron chi connectivity index (χ2n) is 5.39. The molecule has 3 nitrogen and oxygen atoms in total. The molecule has 1 heterocycles. The number of piperidine rings is 1. The zero-order chi connectivity index (χ0) is 13.8. The molecule has 0 bridgehead atoms. The van der Waals surface area contributed by atoms with Crippen LogP contribution in [0.2, 0.25) is 5.02 Å². The summed E-state index contributed by atoms with van der Waals surface area (Å²) in [6, 6.07) is 7.17. The van der Waals surface area contributed by atoms with Crippen LogP contribution in [0.25, 0.3) is 0 Å². The van der Waals surface area contributed by atoms with Gasteiger partial charge in [-0.3, -0.25) is 9.69 Å². The van der Waals surface area contributed by atoms with Crippen LogP contribution in [0.15, 0.2) is 24.3 Å². The van der Waals surface area contributed by atoms with Gasteiger partial charge in [-0.25, -0.2) is 0 Å². The predicted octanol–water partition coefficient (Wildman–Crippen LogP) is 3.40. The molecule has 0 radical (unpaired) electrons. The van der Waals surface area contributed by atoms with Gasteiger partial charge in [-0.15, -0.1) is 0 Å². The van der Waals surface area contributed by atoms with Crippen molar-refractivity contribution in [3.63, 3.8) is 0 Å². The lowest BCUT2D eigenvalue weighted by atomic mass is 9.98. The van der Waals surface area contributed by atoms with Gasteiger partial charge in [-0.1, -0.05) is 24.6 Å². The van der Waals surface area contributed by atoms with E-state index in [9.17, 15) is 4.79 Å². The fraction of sp³-hybridized carbons (Fsp3) is 0.533.